The van der Waals surface area contributed by atoms with Gasteiger partial charge in [0.15, 0.2) is 0 Å². The smallest absolute Gasteiger partial charge is 0.345 e. The van der Waals surface area contributed by atoms with Crippen LogP contribution in [0.15, 0.2) is 71.9 Å². The molecule has 1 aromatic carbocycles. The summed E-state index contributed by atoms with van der Waals surface area (Å²) in [6.07, 6.45) is 1.52. The maximum atomic E-state index is 12.0. The molecule has 2 amide bonds. The van der Waals surface area contributed by atoms with Crippen LogP contribution in [0.25, 0.3) is 11.3 Å². The fourth-order valence-corrected chi connectivity index (χ4v) is 2.09. The molecule has 0 aromatic heterocycles. The summed E-state index contributed by atoms with van der Waals surface area (Å²) < 4.78 is 1.00. The first-order valence-corrected chi connectivity index (χ1v) is 6.44. The fraction of sp³-hybridized carbons (Fsp3) is 0. The number of carbonyl (C=O) groups is 1. The molecular weight excluding hydrogens is 266 g/mol. The van der Waals surface area contributed by atoms with Gasteiger partial charge in [0.2, 0.25) is 0 Å². The molecule has 0 fully saturated rings. The number of nitrogens with zero attached hydrogens (tertiary/aromatic N) is 2. The Morgan fingerprint density at radius 1 is 1.00 bits per heavy atom. The van der Waals surface area contributed by atoms with Gasteiger partial charge in [-0.25, -0.2) is 4.79 Å². The van der Waals surface area contributed by atoms with E-state index in [0.717, 1.165) is 4.73 Å². The van der Waals surface area contributed by atoms with E-state index in [1.165, 1.54) is 6.20 Å². The molecule has 0 bridgehead atoms. The number of amides is 2. The number of para-hydroxylation sites is 1. The standard InChI is InChI=1S/C16H13N3O2/c20-16(17-12-6-2-1-3-7-12)18-14-9-4-10-15-13(14)8-5-11-19(15)21/h1-11,21H,(H,17,20)/b18-14+. The zero-order chi connectivity index (χ0) is 14.7. The van der Waals surface area contributed by atoms with Crippen LogP contribution in [-0.4, -0.2) is 16.0 Å². The second kappa shape index (κ2) is 5.50. The minimum Gasteiger partial charge on any atom is -0.428 e. The number of hydrogen-bond donors (Lipinski definition) is 2. The van der Waals surface area contributed by atoms with Crippen LogP contribution in [0.5, 0.6) is 0 Å². The summed E-state index contributed by atoms with van der Waals surface area (Å²) in [6.45, 7) is 0. The van der Waals surface area contributed by atoms with Crippen LogP contribution in [0.3, 0.4) is 0 Å². The number of urea groups is 1. The van der Waals surface area contributed by atoms with E-state index in [1.54, 1.807) is 42.5 Å². The average Bonchev–Trinajstić information content (AvgIpc) is 2.49. The second-order valence-corrected chi connectivity index (χ2v) is 4.47. The van der Waals surface area contributed by atoms with Crippen LogP contribution in [0, 0.1) is 0 Å². The Labute approximate surface area is 121 Å². The number of fused-ring (bicyclic) bond motifs is 1. The highest BCUT2D eigenvalue weighted by Gasteiger charge is 2.07. The van der Waals surface area contributed by atoms with Crippen LogP contribution in [0.1, 0.15) is 0 Å². The van der Waals surface area contributed by atoms with Crippen LogP contribution in [0.4, 0.5) is 10.5 Å². The normalized spacial score (nSPS) is 11.5. The molecule has 1 aliphatic heterocycles. The molecule has 21 heavy (non-hydrogen) atoms. The first-order chi connectivity index (χ1) is 10.2. The van der Waals surface area contributed by atoms with E-state index in [4.69, 9.17) is 0 Å². The molecule has 0 saturated carbocycles. The SMILES string of the molecule is O=C(/N=c1\cccc2n(O)cccc1-2)Nc1ccccc1. The Morgan fingerprint density at radius 2 is 1.81 bits per heavy atom. The van der Waals surface area contributed by atoms with Crippen molar-refractivity contribution in [3.05, 3.63) is 72.2 Å². The summed E-state index contributed by atoms with van der Waals surface area (Å²) in [5.74, 6) is 0. The quantitative estimate of drug-likeness (QED) is 0.672. The summed E-state index contributed by atoms with van der Waals surface area (Å²) in [5.41, 5.74) is 1.97. The van der Waals surface area contributed by atoms with Crippen molar-refractivity contribution in [2.75, 3.05) is 5.32 Å². The van der Waals surface area contributed by atoms with Gasteiger partial charge in [0.1, 0.15) is 0 Å². The molecule has 3 rings (SSSR count). The van der Waals surface area contributed by atoms with E-state index in [-0.39, 0.29) is 0 Å². The number of pyridine rings is 1. The van der Waals surface area contributed by atoms with E-state index < -0.39 is 6.03 Å². The van der Waals surface area contributed by atoms with Gasteiger partial charge in [0, 0.05) is 17.4 Å². The number of aromatic nitrogens is 1. The third-order valence-electron chi connectivity index (χ3n) is 3.04. The van der Waals surface area contributed by atoms with E-state index >= 15 is 0 Å². The lowest BCUT2D eigenvalue weighted by atomic mass is 10.1. The summed E-state index contributed by atoms with van der Waals surface area (Å²) in [6, 6.07) is 17.4. The molecule has 104 valence electrons. The van der Waals surface area contributed by atoms with Crippen molar-refractivity contribution < 1.29 is 10.0 Å². The summed E-state index contributed by atoms with van der Waals surface area (Å²) in [4.78, 5) is 16.0. The maximum absolute atomic E-state index is 12.0. The lowest BCUT2D eigenvalue weighted by Crippen LogP contribution is -2.16. The van der Waals surface area contributed by atoms with Gasteiger partial charge in [-0.05, 0) is 36.4 Å². The second-order valence-electron chi connectivity index (χ2n) is 4.47. The van der Waals surface area contributed by atoms with Gasteiger partial charge in [-0.15, -0.1) is 0 Å². The highest BCUT2D eigenvalue weighted by molar-refractivity contribution is 5.90. The van der Waals surface area contributed by atoms with E-state index in [2.05, 4.69) is 10.3 Å². The van der Waals surface area contributed by atoms with Gasteiger partial charge in [-0.1, -0.05) is 24.3 Å². The van der Waals surface area contributed by atoms with Crippen molar-refractivity contribution in [1.29, 1.82) is 0 Å². The Hall–Kier alpha value is -3.08. The predicted molar refractivity (Wildman–Crippen MR) is 79.3 cm³/mol. The van der Waals surface area contributed by atoms with Crippen molar-refractivity contribution in [2.24, 2.45) is 4.99 Å². The van der Waals surface area contributed by atoms with Gasteiger partial charge < -0.3 is 10.5 Å². The lowest BCUT2D eigenvalue weighted by molar-refractivity contribution is 0.189. The Balaban J connectivity index is 1.96. The lowest BCUT2D eigenvalue weighted by Gasteiger charge is -2.09. The van der Waals surface area contributed by atoms with Crippen molar-refractivity contribution in [3.8, 4) is 11.3 Å². The van der Waals surface area contributed by atoms with Gasteiger partial charge in [0.05, 0.1) is 11.1 Å². The number of carbonyl (C=O) groups excluding carboxylic acids is 1. The summed E-state index contributed by atoms with van der Waals surface area (Å²) >= 11 is 0. The molecule has 5 heteroatoms. The number of hydrogen-bond acceptors (Lipinski definition) is 2. The summed E-state index contributed by atoms with van der Waals surface area (Å²) in [7, 11) is 0. The van der Waals surface area contributed by atoms with Crippen molar-refractivity contribution in [3.63, 3.8) is 0 Å². The molecule has 1 aliphatic carbocycles. The van der Waals surface area contributed by atoms with Crippen molar-refractivity contribution >= 4 is 11.7 Å². The molecule has 0 unspecified atom stereocenters. The molecule has 0 atom stereocenters. The molecule has 0 radical (unpaired) electrons. The number of benzene rings is 2. The minimum atomic E-state index is -0.456. The van der Waals surface area contributed by atoms with E-state index in [1.807, 2.05) is 18.2 Å². The molecule has 1 heterocycles. The monoisotopic (exact) mass is 279 g/mol. The predicted octanol–water partition coefficient (Wildman–Crippen LogP) is 2.96. The zero-order valence-electron chi connectivity index (χ0n) is 11.1. The van der Waals surface area contributed by atoms with Crippen LogP contribution in [-0.2, 0) is 0 Å². The van der Waals surface area contributed by atoms with Crippen LogP contribution in [0.2, 0.25) is 0 Å². The van der Waals surface area contributed by atoms with Crippen molar-refractivity contribution in [1.82, 2.24) is 4.73 Å². The van der Waals surface area contributed by atoms with Gasteiger partial charge >= 0.3 is 6.03 Å². The Bertz CT molecular complexity index is 809. The van der Waals surface area contributed by atoms with Crippen LogP contribution >= 0.6 is 0 Å². The third kappa shape index (κ3) is 2.76. The number of rotatable bonds is 1. The summed E-state index contributed by atoms with van der Waals surface area (Å²) in [5, 5.41) is 12.9. The Morgan fingerprint density at radius 3 is 2.62 bits per heavy atom. The molecule has 1 aromatic rings. The number of nitrogens with one attached hydrogen (secondary N) is 1. The fourth-order valence-electron chi connectivity index (χ4n) is 2.09. The first kappa shape index (κ1) is 12.9. The molecule has 5 nitrogen and oxygen atoms in total. The highest BCUT2D eigenvalue weighted by Crippen LogP contribution is 2.15. The molecule has 0 spiro atoms. The molecule has 2 N–H and O–H groups in total. The number of anilines is 1. The molecular formula is C16H13N3O2. The van der Waals surface area contributed by atoms with Crippen LogP contribution < -0.4 is 10.7 Å². The Kier molecular flexibility index (Phi) is 3.39. The highest BCUT2D eigenvalue weighted by atomic mass is 16.5. The minimum absolute atomic E-state index is 0.456. The zero-order valence-corrected chi connectivity index (χ0v) is 11.1. The largest absolute Gasteiger partial charge is 0.428 e. The van der Waals surface area contributed by atoms with Gasteiger partial charge in [-0.3, -0.25) is 0 Å². The van der Waals surface area contributed by atoms with E-state index in [9.17, 15) is 10.0 Å². The van der Waals surface area contributed by atoms with E-state index in [0.29, 0.717) is 22.3 Å². The maximum Gasteiger partial charge on any atom is 0.345 e. The molecule has 0 saturated heterocycles. The average molecular weight is 279 g/mol. The third-order valence-corrected chi connectivity index (χ3v) is 3.04. The van der Waals surface area contributed by atoms with Crippen molar-refractivity contribution in [2.45, 2.75) is 0 Å². The molecule has 2 aliphatic rings. The van der Waals surface area contributed by atoms with Gasteiger partial charge in [-0.2, -0.15) is 9.72 Å². The van der Waals surface area contributed by atoms with Gasteiger partial charge in [0.25, 0.3) is 0 Å². The topological polar surface area (TPSA) is 66.6 Å². The first-order valence-electron chi connectivity index (χ1n) is 6.44.